The molecule has 0 amide bonds. The summed E-state index contributed by atoms with van der Waals surface area (Å²) in [6, 6.07) is 8.21. The fourth-order valence-electron chi connectivity index (χ4n) is 1.98. The lowest BCUT2D eigenvalue weighted by molar-refractivity contribution is 0.788. The van der Waals surface area contributed by atoms with Crippen molar-refractivity contribution in [3.05, 3.63) is 50.4 Å². The molecule has 7 heteroatoms. The minimum Gasteiger partial charge on any atom is -0.357 e. The van der Waals surface area contributed by atoms with Crippen LogP contribution in [0.2, 0.25) is 0 Å². The third-order valence-corrected chi connectivity index (χ3v) is 4.58. The number of nitrogens with one attached hydrogen (secondary N) is 2. The number of nitrogens with zero attached hydrogens (tertiary/aromatic N) is 2. The van der Waals surface area contributed by atoms with E-state index in [4.69, 9.17) is 0 Å². The molecule has 0 unspecified atom stereocenters. The first-order valence-corrected chi connectivity index (χ1v) is 9.46. The summed E-state index contributed by atoms with van der Waals surface area (Å²) in [5.41, 5.74) is 2.33. The maximum atomic E-state index is 4.64. The highest BCUT2D eigenvalue weighted by atomic mass is 127. The van der Waals surface area contributed by atoms with Crippen molar-refractivity contribution in [2.45, 2.75) is 39.8 Å². The monoisotopic (exact) mass is 522 g/mol. The van der Waals surface area contributed by atoms with E-state index in [1.165, 1.54) is 5.56 Å². The van der Waals surface area contributed by atoms with E-state index in [2.05, 4.69) is 74.8 Å². The number of guanidine groups is 1. The van der Waals surface area contributed by atoms with E-state index < -0.39 is 0 Å². The molecule has 1 heterocycles. The molecule has 2 aromatic rings. The second-order valence-electron chi connectivity index (χ2n) is 5.50. The molecule has 0 aliphatic rings. The number of aromatic nitrogens is 1. The zero-order valence-corrected chi connectivity index (χ0v) is 18.9. The van der Waals surface area contributed by atoms with Crippen molar-refractivity contribution in [1.82, 2.24) is 15.6 Å². The Balaban J connectivity index is 0.00000288. The summed E-state index contributed by atoms with van der Waals surface area (Å²) in [6.45, 7) is 8.56. The molecule has 1 aromatic carbocycles. The average molecular weight is 523 g/mol. The largest absolute Gasteiger partial charge is 0.357 e. The smallest absolute Gasteiger partial charge is 0.191 e. The summed E-state index contributed by atoms with van der Waals surface area (Å²) in [6.07, 6.45) is 0. The Morgan fingerprint density at radius 2 is 2.12 bits per heavy atom. The predicted molar refractivity (Wildman–Crippen MR) is 117 cm³/mol. The molecule has 0 aliphatic carbocycles. The van der Waals surface area contributed by atoms with Crippen LogP contribution in [0.25, 0.3) is 0 Å². The molecule has 0 fully saturated rings. The summed E-state index contributed by atoms with van der Waals surface area (Å²) in [5, 5.41) is 9.84. The summed E-state index contributed by atoms with van der Waals surface area (Å²) in [5.74, 6) is 1.28. The predicted octanol–water partition coefficient (Wildman–Crippen LogP) is 4.90. The van der Waals surface area contributed by atoms with Gasteiger partial charge in [-0.25, -0.2) is 9.98 Å². The van der Waals surface area contributed by atoms with Gasteiger partial charge in [-0.05, 0) is 30.5 Å². The third kappa shape index (κ3) is 7.06. The van der Waals surface area contributed by atoms with E-state index in [0.29, 0.717) is 19.0 Å². The van der Waals surface area contributed by atoms with Gasteiger partial charge in [0, 0.05) is 16.4 Å². The Morgan fingerprint density at radius 3 is 2.75 bits per heavy atom. The zero-order chi connectivity index (χ0) is 16.7. The van der Waals surface area contributed by atoms with Gasteiger partial charge in [-0.1, -0.05) is 41.9 Å². The summed E-state index contributed by atoms with van der Waals surface area (Å²) >= 11 is 5.18. The van der Waals surface area contributed by atoms with E-state index >= 15 is 0 Å². The van der Waals surface area contributed by atoms with Crippen molar-refractivity contribution in [3.8, 4) is 0 Å². The van der Waals surface area contributed by atoms with E-state index in [1.54, 1.807) is 11.3 Å². The Kier molecular flexibility index (Phi) is 9.84. The SMILES string of the molecule is CCNC(=NCc1cccc(Br)c1)NCc1nc(C(C)C)cs1.I. The normalized spacial score (nSPS) is 11.3. The number of hydrogen-bond acceptors (Lipinski definition) is 3. The Bertz CT molecular complexity index is 658. The fourth-order valence-corrected chi connectivity index (χ4v) is 3.32. The summed E-state index contributed by atoms with van der Waals surface area (Å²) < 4.78 is 1.08. The topological polar surface area (TPSA) is 49.3 Å². The van der Waals surface area contributed by atoms with Crippen LogP contribution in [0.15, 0.2) is 39.1 Å². The third-order valence-electron chi connectivity index (χ3n) is 3.22. The minimum atomic E-state index is 0. The van der Waals surface area contributed by atoms with Crippen molar-refractivity contribution in [1.29, 1.82) is 0 Å². The molecule has 2 rings (SSSR count). The van der Waals surface area contributed by atoms with Crippen LogP contribution in [-0.4, -0.2) is 17.5 Å². The maximum Gasteiger partial charge on any atom is 0.191 e. The van der Waals surface area contributed by atoms with E-state index in [-0.39, 0.29) is 24.0 Å². The van der Waals surface area contributed by atoms with Gasteiger partial charge in [0.25, 0.3) is 0 Å². The number of hydrogen-bond donors (Lipinski definition) is 2. The Morgan fingerprint density at radius 1 is 1.33 bits per heavy atom. The maximum absolute atomic E-state index is 4.64. The standard InChI is InChI=1S/C17H23BrN4S.HI/c1-4-19-17(20-9-13-6-5-7-14(18)8-13)21-10-16-22-15(11-23-16)12(2)3;/h5-8,11-12H,4,9-10H2,1-3H3,(H2,19,20,21);1H. The fraction of sp³-hybridized carbons (Fsp3) is 0.412. The van der Waals surface area contributed by atoms with Crippen LogP contribution in [0.5, 0.6) is 0 Å². The number of benzene rings is 1. The molecule has 4 nitrogen and oxygen atoms in total. The van der Waals surface area contributed by atoms with Gasteiger partial charge in [0.2, 0.25) is 0 Å². The van der Waals surface area contributed by atoms with Crippen LogP contribution in [-0.2, 0) is 13.1 Å². The second kappa shape index (κ2) is 11.0. The highest BCUT2D eigenvalue weighted by molar-refractivity contribution is 14.0. The van der Waals surface area contributed by atoms with Gasteiger partial charge in [0.1, 0.15) is 5.01 Å². The summed E-state index contributed by atoms with van der Waals surface area (Å²) in [7, 11) is 0. The van der Waals surface area contributed by atoms with E-state index in [1.807, 2.05) is 12.1 Å². The highest BCUT2D eigenvalue weighted by Crippen LogP contribution is 2.17. The van der Waals surface area contributed by atoms with Gasteiger partial charge in [0.05, 0.1) is 18.8 Å². The van der Waals surface area contributed by atoms with Crippen molar-refractivity contribution < 1.29 is 0 Å². The van der Waals surface area contributed by atoms with Crippen molar-refractivity contribution in [2.75, 3.05) is 6.54 Å². The number of thiazole rings is 1. The van der Waals surface area contributed by atoms with Gasteiger partial charge >= 0.3 is 0 Å². The van der Waals surface area contributed by atoms with Gasteiger partial charge in [-0.2, -0.15) is 0 Å². The minimum absolute atomic E-state index is 0. The molecule has 0 atom stereocenters. The van der Waals surface area contributed by atoms with Crippen LogP contribution < -0.4 is 10.6 Å². The Hall–Kier alpha value is -0.670. The van der Waals surface area contributed by atoms with Gasteiger partial charge in [-0.3, -0.25) is 0 Å². The van der Waals surface area contributed by atoms with E-state index in [0.717, 1.165) is 27.7 Å². The number of rotatable bonds is 6. The van der Waals surface area contributed by atoms with Gasteiger partial charge < -0.3 is 10.6 Å². The lowest BCUT2D eigenvalue weighted by Gasteiger charge is -2.10. The van der Waals surface area contributed by atoms with Crippen LogP contribution in [0.3, 0.4) is 0 Å². The van der Waals surface area contributed by atoms with Crippen LogP contribution >= 0.6 is 51.2 Å². The van der Waals surface area contributed by atoms with Crippen LogP contribution in [0.1, 0.15) is 43.0 Å². The van der Waals surface area contributed by atoms with Crippen molar-refractivity contribution in [3.63, 3.8) is 0 Å². The van der Waals surface area contributed by atoms with Crippen molar-refractivity contribution >= 4 is 57.2 Å². The molecule has 24 heavy (non-hydrogen) atoms. The van der Waals surface area contributed by atoms with Gasteiger partial charge in [0.15, 0.2) is 5.96 Å². The molecule has 0 saturated heterocycles. The lowest BCUT2D eigenvalue weighted by Crippen LogP contribution is -2.36. The molecular formula is C17H24BrIN4S. The molecule has 1 aromatic heterocycles. The van der Waals surface area contributed by atoms with Crippen LogP contribution in [0, 0.1) is 0 Å². The van der Waals surface area contributed by atoms with Crippen molar-refractivity contribution in [2.24, 2.45) is 4.99 Å². The lowest BCUT2D eigenvalue weighted by atomic mass is 10.2. The quantitative estimate of drug-likeness (QED) is 0.322. The molecule has 0 aliphatic heterocycles. The molecule has 0 bridgehead atoms. The molecule has 0 radical (unpaired) electrons. The first kappa shape index (κ1) is 21.4. The van der Waals surface area contributed by atoms with Gasteiger partial charge in [-0.15, -0.1) is 35.3 Å². The zero-order valence-electron chi connectivity index (χ0n) is 14.2. The Labute approximate surface area is 173 Å². The molecule has 0 saturated carbocycles. The average Bonchev–Trinajstić information content (AvgIpc) is 2.99. The van der Waals surface area contributed by atoms with E-state index in [9.17, 15) is 0 Å². The first-order valence-electron chi connectivity index (χ1n) is 7.79. The number of aliphatic imine (C=N–C) groups is 1. The van der Waals surface area contributed by atoms with Crippen LogP contribution in [0.4, 0.5) is 0 Å². The first-order chi connectivity index (χ1) is 11.1. The highest BCUT2D eigenvalue weighted by Gasteiger charge is 2.06. The second-order valence-corrected chi connectivity index (χ2v) is 7.36. The molecule has 132 valence electrons. The summed E-state index contributed by atoms with van der Waals surface area (Å²) in [4.78, 5) is 9.27. The number of halogens is 2. The molecular weight excluding hydrogens is 499 g/mol. The molecule has 2 N–H and O–H groups in total. The molecule has 0 spiro atoms.